The van der Waals surface area contributed by atoms with Crippen LogP contribution < -0.4 is 10.4 Å². The number of rotatable bonds is 14. The first-order valence-corrected chi connectivity index (χ1v) is 22.6. The Hall–Kier alpha value is -4.24. The smallest absolute Gasteiger partial charge is 0.333 e. The number of aryl methyl sites for hydroxylation is 1. The summed E-state index contributed by atoms with van der Waals surface area (Å²) >= 11 is 0. The predicted octanol–water partition coefficient (Wildman–Crippen LogP) is 9.94. The van der Waals surface area contributed by atoms with Crippen LogP contribution in [0.5, 0.6) is 0 Å². The number of fused-ring (bicyclic) bond motifs is 3. The lowest BCUT2D eigenvalue weighted by molar-refractivity contribution is -0.138. The minimum Gasteiger partial charge on any atom is -0.481 e. The van der Waals surface area contributed by atoms with Gasteiger partial charge in [0.1, 0.15) is 5.82 Å². The number of hydrogen-bond acceptors (Lipinski definition) is 6. The van der Waals surface area contributed by atoms with Crippen molar-refractivity contribution in [1.82, 2.24) is 4.98 Å². The Morgan fingerprint density at radius 2 is 1.49 bits per heavy atom. The monoisotopic (exact) mass is 779 g/mol. The van der Waals surface area contributed by atoms with Gasteiger partial charge in [0.15, 0.2) is 0 Å². The number of pyridine rings is 1. The number of hydrogen-bond donors (Lipinski definition) is 1. The van der Waals surface area contributed by atoms with Crippen molar-refractivity contribution >= 4 is 32.3 Å². The zero-order chi connectivity index (χ0) is 39.4. The number of carboxylic acid groups (broad SMARTS) is 1. The molecule has 1 unspecified atom stereocenters. The summed E-state index contributed by atoms with van der Waals surface area (Å²) in [4.78, 5) is 17.8. The van der Waals surface area contributed by atoms with Crippen LogP contribution in [0.15, 0.2) is 109 Å². The summed E-state index contributed by atoms with van der Waals surface area (Å²) in [6.45, 7) is 10.3. The molecule has 4 aromatic carbocycles. The van der Waals surface area contributed by atoms with Gasteiger partial charge in [-0.05, 0) is 75.0 Å². The maximum absolute atomic E-state index is 14.9. The molecule has 1 aromatic heterocycles. The Bertz CT molecular complexity index is 2120. The summed E-state index contributed by atoms with van der Waals surface area (Å²) in [7, 11) is -5.93. The quantitative estimate of drug-likeness (QED) is 0.0886. The van der Waals surface area contributed by atoms with Crippen molar-refractivity contribution in [1.29, 1.82) is 0 Å². The second-order valence-corrected chi connectivity index (χ2v) is 22.1. The van der Waals surface area contributed by atoms with Gasteiger partial charge in [-0.15, -0.1) is 0 Å². The predicted molar refractivity (Wildman–Crippen MR) is 220 cm³/mol. The number of benzene rings is 4. The number of aliphatic carboxylic acids is 1. The molecule has 55 heavy (non-hydrogen) atoms. The molecule has 0 saturated heterocycles. The fourth-order valence-corrected chi connectivity index (χ4v) is 14.2. The third kappa shape index (κ3) is 8.62. The van der Waals surface area contributed by atoms with Crippen molar-refractivity contribution in [2.75, 3.05) is 13.3 Å². The molecular weight excluding hydrogens is 729 g/mol. The number of carbonyl (C=O) groups is 1. The molecule has 7 nitrogen and oxygen atoms in total. The maximum atomic E-state index is 14.9. The first-order chi connectivity index (χ1) is 26.3. The van der Waals surface area contributed by atoms with Crippen LogP contribution in [0.25, 0.3) is 22.4 Å². The second-order valence-electron chi connectivity index (χ2n) is 15.6. The highest BCUT2D eigenvalue weighted by Crippen LogP contribution is 2.52. The van der Waals surface area contributed by atoms with E-state index in [0.29, 0.717) is 0 Å². The largest absolute Gasteiger partial charge is 0.481 e. The zero-order valence-corrected chi connectivity index (χ0v) is 34.4. The van der Waals surface area contributed by atoms with Gasteiger partial charge >= 0.3 is 13.6 Å². The normalized spacial score (nSPS) is 14.8. The third-order valence-corrected chi connectivity index (χ3v) is 17.6. The molecule has 0 radical (unpaired) electrons. The van der Waals surface area contributed by atoms with Crippen molar-refractivity contribution in [3.8, 4) is 22.4 Å². The van der Waals surface area contributed by atoms with Gasteiger partial charge in [-0.2, -0.15) is 0 Å². The highest BCUT2D eigenvalue weighted by molar-refractivity contribution is 7.53. The number of nitrogens with zero attached hydrogens (tertiary/aromatic N) is 1. The first-order valence-electron chi connectivity index (χ1n) is 19.0. The molecule has 0 amide bonds. The molecule has 0 spiro atoms. The molecule has 6 rings (SSSR count). The van der Waals surface area contributed by atoms with Gasteiger partial charge in [-0.25, -0.2) is 4.39 Å². The zero-order valence-electron chi connectivity index (χ0n) is 32.6. The molecule has 2 atom stereocenters. The Balaban J connectivity index is 1.44. The van der Waals surface area contributed by atoms with Gasteiger partial charge in [0.25, 0.3) is 8.32 Å². The van der Waals surface area contributed by atoms with Crippen LogP contribution in [-0.4, -0.2) is 43.8 Å². The van der Waals surface area contributed by atoms with E-state index in [2.05, 4.69) is 46.8 Å². The van der Waals surface area contributed by atoms with E-state index < -0.39 is 39.4 Å². The molecule has 5 aromatic rings. The van der Waals surface area contributed by atoms with E-state index in [4.69, 9.17) is 18.5 Å². The van der Waals surface area contributed by atoms with E-state index in [-0.39, 0.29) is 24.5 Å². The van der Waals surface area contributed by atoms with E-state index in [9.17, 15) is 18.9 Å². The van der Waals surface area contributed by atoms with Gasteiger partial charge in [0.2, 0.25) is 0 Å². The number of halogens is 1. The fourth-order valence-electron chi connectivity index (χ4n) is 8.04. The topological polar surface area (TPSA) is 95.0 Å². The minimum absolute atomic E-state index is 0.0429. The Kier molecular flexibility index (Phi) is 12.4. The first kappa shape index (κ1) is 40.4. The van der Waals surface area contributed by atoms with Crippen LogP contribution in [0.4, 0.5) is 4.39 Å². The Morgan fingerprint density at radius 3 is 2.05 bits per heavy atom. The van der Waals surface area contributed by atoms with Crippen LogP contribution >= 0.6 is 7.60 Å². The van der Waals surface area contributed by atoms with Gasteiger partial charge in [-0.3, -0.25) is 14.3 Å². The molecule has 288 valence electrons. The average molecular weight is 780 g/mol. The highest BCUT2D eigenvalue weighted by atomic mass is 31.2. The standard InChI is InChI=1S/C45H51FNO6PSi/c1-31(2)43-40(42(33-24-26-34(46)27-25-33)39-23-15-17-32-16-13-14-22-38(32)44(39)47-43)29-52-54(50,51-6)30-35(28-41(48)49)53-55(45(3,4)5,36-18-9-7-10-19-36)37-20-11-8-12-21-37/h7-14,16,18-22,24-27,31,35H,15,17,23,28-30H2,1-6H3,(H,48,49)/t35-,54?/m0/s1. The van der Waals surface area contributed by atoms with Crippen LogP contribution in [0.1, 0.15) is 75.8 Å². The van der Waals surface area contributed by atoms with Crippen LogP contribution in [0.2, 0.25) is 5.04 Å². The molecule has 1 aliphatic rings. The van der Waals surface area contributed by atoms with Crippen molar-refractivity contribution in [3.05, 3.63) is 137 Å². The SMILES string of the molecule is COP(=O)(C[C@H](CC(=O)O)O[Si](c1ccccc1)(c1ccccc1)C(C)(C)C)OCc1c(C(C)C)nc2c(c1-c1ccc(F)cc1)CCCc1ccccc1-2. The molecule has 0 bridgehead atoms. The Morgan fingerprint density at radius 1 is 0.891 bits per heavy atom. The van der Waals surface area contributed by atoms with Crippen LogP contribution in [-0.2, 0) is 42.3 Å². The van der Waals surface area contributed by atoms with E-state index in [1.54, 1.807) is 12.1 Å². The summed E-state index contributed by atoms with van der Waals surface area (Å²) in [5.74, 6) is -1.47. The van der Waals surface area contributed by atoms with E-state index >= 15 is 0 Å². The maximum Gasteiger partial charge on any atom is 0.333 e. The van der Waals surface area contributed by atoms with Gasteiger partial charge < -0.3 is 18.6 Å². The van der Waals surface area contributed by atoms with E-state index in [1.165, 1.54) is 24.8 Å². The summed E-state index contributed by atoms with van der Waals surface area (Å²) in [5, 5.41) is 11.7. The molecule has 1 aliphatic carbocycles. The van der Waals surface area contributed by atoms with Crippen LogP contribution in [0.3, 0.4) is 0 Å². The van der Waals surface area contributed by atoms with Crippen molar-refractivity contribution in [3.63, 3.8) is 0 Å². The average Bonchev–Trinajstić information content (AvgIpc) is 3.35. The molecule has 0 fully saturated rings. The lowest BCUT2D eigenvalue weighted by atomic mass is 9.87. The lowest BCUT2D eigenvalue weighted by Crippen LogP contribution is -2.68. The number of aromatic nitrogens is 1. The minimum atomic E-state index is -4.01. The van der Waals surface area contributed by atoms with Gasteiger partial charge in [0, 0.05) is 23.9 Å². The number of carboxylic acids is 1. The van der Waals surface area contributed by atoms with Crippen molar-refractivity contribution in [2.24, 2.45) is 0 Å². The molecule has 10 heteroatoms. The molecule has 1 N–H and O–H groups in total. The van der Waals surface area contributed by atoms with E-state index in [1.807, 2.05) is 72.8 Å². The van der Waals surface area contributed by atoms with E-state index in [0.717, 1.165) is 68.8 Å². The molecular formula is C45H51FNO6PSi. The van der Waals surface area contributed by atoms with Gasteiger partial charge in [-0.1, -0.05) is 132 Å². The summed E-state index contributed by atoms with van der Waals surface area (Å²) < 4.78 is 48.6. The molecule has 1 heterocycles. The highest BCUT2D eigenvalue weighted by Gasteiger charge is 2.52. The van der Waals surface area contributed by atoms with Crippen molar-refractivity contribution < 1.29 is 32.3 Å². The fraction of sp³-hybridized carbons (Fsp3) is 0.333. The van der Waals surface area contributed by atoms with Gasteiger partial charge in [0.05, 0.1) is 31.0 Å². The molecule has 0 saturated carbocycles. The Labute approximate surface area is 325 Å². The van der Waals surface area contributed by atoms with Crippen molar-refractivity contribution in [2.45, 2.75) is 84.0 Å². The lowest BCUT2D eigenvalue weighted by Gasteiger charge is -2.45. The molecule has 0 aliphatic heterocycles. The summed E-state index contributed by atoms with van der Waals surface area (Å²) in [6, 6.07) is 34.6. The second kappa shape index (κ2) is 16.9. The summed E-state index contributed by atoms with van der Waals surface area (Å²) in [6.07, 6.45) is 0.831. The third-order valence-electron chi connectivity index (χ3n) is 10.5. The van der Waals surface area contributed by atoms with Crippen LogP contribution in [0, 0.1) is 5.82 Å². The summed E-state index contributed by atoms with van der Waals surface area (Å²) in [5.41, 5.74) is 7.46.